The fourth-order valence-electron chi connectivity index (χ4n) is 3.79. The molecule has 120 valence electrons. The van der Waals surface area contributed by atoms with Gasteiger partial charge in [0.1, 0.15) is 6.33 Å². The average molecular weight is 328 g/mol. The Morgan fingerprint density at radius 3 is 2.83 bits per heavy atom. The van der Waals surface area contributed by atoms with E-state index >= 15 is 0 Å². The Labute approximate surface area is 140 Å². The molecule has 6 heteroatoms. The van der Waals surface area contributed by atoms with Gasteiger partial charge in [-0.05, 0) is 32.0 Å². The Kier molecular flexibility index (Phi) is 3.66. The summed E-state index contributed by atoms with van der Waals surface area (Å²) in [4.78, 5) is 27.7. The molecule has 0 N–H and O–H groups in total. The lowest BCUT2D eigenvalue weighted by atomic mass is 9.86. The van der Waals surface area contributed by atoms with Gasteiger partial charge in [-0.1, -0.05) is 0 Å². The molecule has 2 aromatic rings. The van der Waals surface area contributed by atoms with Crippen LogP contribution in [0.5, 0.6) is 0 Å². The lowest BCUT2D eigenvalue weighted by molar-refractivity contribution is -0.117. The van der Waals surface area contributed by atoms with Gasteiger partial charge in [0.2, 0.25) is 5.91 Å². The third kappa shape index (κ3) is 2.88. The number of thiophene rings is 1. The molecular formula is C17H20N4OS. The molecule has 2 aliphatic heterocycles. The van der Waals surface area contributed by atoms with Crippen LogP contribution in [0.1, 0.15) is 22.6 Å². The van der Waals surface area contributed by atoms with E-state index < -0.39 is 0 Å². The molecule has 23 heavy (non-hydrogen) atoms. The first-order valence-corrected chi connectivity index (χ1v) is 8.78. The van der Waals surface area contributed by atoms with Gasteiger partial charge < -0.3 is 4.90 Å². The molecule has 0 aromatic carbocycles. The highest BCUT2D eigenvalue weighted by Crippen LogP contribution is 2.42. The van der Waals surface area contributed by atoms with Crippen LogP contribution < -0.4 is 4.90 Å². The second kappa shape index (κ2) is 5.69. The van der Waals surface area contributed by atoms with E-state index in [1.807, 2.05) is 16.2 Å². The average Bonchev–Trinajstić information content (AvgIpc) is 3.22. The smallest absolute Gasteiger partial charge is 0.227 e. The van der Waals surface area contributed by atoms with Gasteiger partial charge in [0, 0.05) is 41.2 Å². The SMILES string of the molecule is Cc1ccc(CN2CC[C@]3(CC(=O)N(c4cncnc4)C3)C2)s1. The second-order valence-corrected chi connectivity index (χ2v) is 8.10. The highest BCUT2D eigenvalue weighted by molar-refractivity contribution is 7.11. The van der Waals surface area contributed by atoms with Gasteiger partial charge in [0.05, 0.1) is 18.1 Å². The molecule has 1 atom stereocenters. The zero-order valence-corrected chi connectivity index (χ0v) is 14.1. The van der Waals surface area contributed by atoms with Crippen LogP contribution in [0.15, 0.2) is 30.9 Å². The molecule has 5 nitrogen and oxygen atoms in total. The molecule has 2 saturated heterocycles. The van der Waals surface area contributed by atoms with Crippen LogP contribution in [-0.4, -0.2) is 40.4 Å². The fourth-order valence-corrected chi connectivity index (χ4v) is 4.72. The van der Waals surface area contributed by atoms with E-state index in [1.54, 1.807) is 12.4 Å². The van der Waals surface area contributed by atoms with E-state index in [9.17, 15) is 4.79 Å². The Morgan fingerprint density at radius 1 is 1.26 bits per heavy atom. The van der Waals surface area contributed by atoms with Crippen LogP contribution in [0.4, 0.5) is 5.69 Å². The molecule has 4 rings (SSSR count). The predicted molar refractivity (Wildman–Crippen MR) is 90.4 cm³/mol. The summed E-state index contributed by atoms with van der Waals surface area (Å²) in [7, 11) is 0. The van der Waals surface area contributed by atoms with Crippen LogP contribution in [0, 0.1) is 12.3 Å². The van der Waals surface area contributed by atoms with Crippen LogP contribution in [0.25, 0.3) is 0 Å². The second-order valence-electron chi connectivity index (χ2n) is 6.73. The summed E-state index contributed by atoms with van der Waals surface area (Å²) in [6.07, 6.45) is 6.69. The number of carbonyl (C=O) groups excluding carboxylic acids is 1. The number of hydrogen-bond donors (Lipinski definition) is 0. The number of rotatable bonds is 3. The maximum atomic E-state index is 12.5. The van der Waals surface area contributed by atoms with Crippen LogP contribution >= 0.6 is 11.3 Å². The minimum Gasteiger partial charge on any atom is -0.309 e. The fraction of sp³-hybridized carbons (Fsp3) is 0.471. The maximum absolute atomic E-state index is 12.5. The highest BCUT2D eigenvalue weighted by atomic mass is 32.1. The summed E-state index contributed by atoms with van der Waals surface area (Å²) in [6, 6.07) is 4.40. The van der Waals surface area contributed by atoms with E-state index in [2.05, 4.69) is 33.9 Å². The Balaban J connectivity index is 1.45. The monoisotopic (exact) mass is 328 g/mol. The number of hydrogen-bond acceptors (Lipinski definition) is 5. The van der Waals surface area contributed by atoms with Crippen molar-refractivity contribution in [3.05, 3.63) is 40.6 Å². The third-order valence-electron chi connectivity index (χ3n) is 4.87. The quantitative estimate of drug-likeness (QED) is 0.868. The normalized spacial score (nSPS) is 24.9. The first-order chi connectivity index (χ1) is 11.1. The number of likely N-dealkylation sites (tertiary alicyclic amines) is 1. The van der Waals surface area contributed by atoms with Gasteiger partial charge in [0.15, 0.2) is 0 Å². The Morgan fingerprint density at radius 2 is 2.09 bits per heavy atom. The molecular weight excluding hydrogens is 308 g/mol. The molecule has 0 unspecified atom stereocenters. The maximum Gasteiger partial charge on any atom is 0.227 e. The standard InChI is InChI=1S/C17H20N4OS/c1-13-2-3-15(23-13)9-20-5-4-17(10-20)6-16(22)21(11-17)14-7-18-12-19-8-14/h2-3,7-8,12H,4-6,9-11H2,1H3/t17-/m0/s1. The van der Waals surface area contributed by atoms with Gasteiger partial charge in [-0.3, -0.25) is 9.69 Å². The van der Waals surface area contributed by atoms with E-state index in [0.717, 1.165) is 38.3 Å². The minimum atomic E-state index is 0.0965. The summed E-state index contributed by atoms with van der Waals surface area (Å²) >= 11 is 1.87. The molecule has 2 aliphatic rings. The van der Waals surface area contributed by atoms with Crippen molar-refractivity contribution < 1.29 is 4.79 Å². The van der Waals surface area contributed by atoms with E-state index in [4.69, 9.17) is 0 Å². The third-order valence-corrected chi connectivity index (χ3v) is 5.86. The molecule has 1 amide bonds. The highest BCUT2D eigenvalue weighted by Gasteiger charge is 2.47. The topological polar surface area (TPSA) is 49.3 Å². The molecule has 0 aliphatic carbocycles. The molecule has 2 aromatic heterocycles. The Bertz CT molecular complexity index is 716. The number of carbonyl (C=O) groups is 1. The van der Waals surface area contributed by atoms with Crippen molar-refractivity contribution in [2.75, 3.05) is 24.5 Å². The van der Waals surface area contributed by atoms with Crippen molar-refractivity contribution in [3.8, 4) is 0 Å². The van der Waals surface area contributed by atoms with E-state index in [0.29, 0.717) is 6.42 Å². The molecule has 4 heterocycles. The summed E-state index contributed by atoms with van der Waals surface area (Å²) < 4.78 is 0. The number of nitrogens with zero attached hydrogens (tertiary/aromatic N) is 4. The zero-order chi connectivity index (χ0) is 15.9. The van der Waals surface area contributed by atoms with Gasteiger partial charge in [-0.2, -0.15) is 0 Å². The van der Waals surface area contributed by atoms with Crippen LogP contribution in [-0.2, 0) is 11.3 Å². The summed E-state index contributed by atoms with van der Waals surface area (Å²) in [5, 5.41) is 0. The zero-order valence-electron chi connectivity index (χ0n) is 13.2. The predicted octanol–water partition coefficient (Wildman–Crippen LogP) is 2.48. The number of amides is 1. The van der Waals surface area contributed by atoms with E-state index in [-0.39, 0.29) is 11.3 Å². The molecule has 0 bridgehead atoms. The molecule has 2 fully saturated rings. The lowest BCUT2D eigenvalue weighted by Crippen LogP contribution is -2.31. The van der Waals surface area contributed by atoms with Crippen molar-refractivity contribution in [2.24, 2.45) is 5.41 Å². The van der Waals surface area contributed by atoms with Crippen molar-refractivity contribution in [1.82, 2.24) is 14.9 Å². The summed E-state index contributed by atoms with van der Waals surface area (Å²) in [6.45, 7) is 6.01. The summed E-state index contributed by atoms with van der Waals surface area (Å²) in [5.74, 6) is 0.202. The van der Waals surface area contributed by atoms with Crippen LogP contribution in [0.3, 0.4) is 0 Å². The van der Waals surface area contributed by atoms with Crippen molar-refractivity contribution >= 4 is 22.9 Å². The first kappa shape index (κ1) is 14.8. The number of anilines is 1. The number of aromatic nitrogens is 2. The molecule has 1 spiro atoms. The largest absolute Gasteiger partial charge is 0.309 e. The van der Waals surface area contributed by atoms with Crippen molar-refractivity contribution in [1.29, 1.82) is 0 Å². The van der Waals surface area contributed by atoms with Gasteiger partial charge in [-0.25, -0.2) is 9.97 Å². The van der Waals surface area contributed by atoms with Crippen molar-refractivity contribution in [3.63, 3.8) is 0 Å². The van der Waals surface area contributed by atoms with Gasteiger partial charge in [0.25, 0.3) is 0 Å². The van der Waals surface area contributed by atoms with E-state index in [1.165, 1.54) is 16.1 Å². The van der Waals surface area contributed by atoms with Crippen LogP contribution in [0.2, 0.25) is 0 Å². The minimum absolute atomic E-state index is 0.0965. The first-order valence-electron chi connectivity index (χ1n) is 7.97. The lowest BCUT2D eigenvalue weighted by Gasteiger charge is -2.23. The Hall–Kier alpha value is -1.79. The molecule has 0 radical (unpaired) electrons. The van der Waals surface area contributed by atoms with Gasteiger partial charge >= 0.3 is 0 Å². The number of aryl methyl sites for hydroxylation is 1. The molecule has 0 saturated carbocycles. The van der Waals surface area contributed by atoms with Gasteiger partial charge in [-0.15, -0.1) is 11.3 Å². The van der Waals surface area contributed by atoms with Crippen molar-refractivity contribution in [2.45, 2.75) is 26.3 Å². The summed E-state index contributed by atoms with van der Waals surface area (Å²) in [5.41, 5.74) is 0.917.